The molecule has 0 aromatic heterocycles. The van der Waals surface area contributed by atoms with Gasteiger partial charge in [-0.2, -0.15) is 18.2 Å². The molecule has 0 bridgehead atoms. The molecule has 0 saturated carbocycles. The first-order chi connectivity index (χ1) is 17.1. The normalized spacial score (nSPS) is 22.9. The van der Waals surface area contributed by atoms with E-state index >= 15 is 0 Å². The molecule has 3 aliphatic heterocycles. The summed E-state index contributed by atoms with van der Waals surface area (Å²) in [5, 5.41) is 23.8. The van der Waals surface area contributed by atoms with Crippen LogP contribution in [0.4, 0.5) is 13.2 Å². The van der Waals surface area contributed by atoms with Gasteiger partial charge in [0.1, 0.15) is 12.1 Å². The highest BCUT2D eigenvalue weighted by Gasteiger charge is 2.50. The minimum atomic E-state index is -4.71. The molecule has 3 aliphatic rings. The number of aliphatic hydroxyl groups excluding tert-OH is 2. The predicted octanol–water partition coefficient (Wildman–Crippen LogP) is 4.29. The van der Waals surface area contributed by atoms with Crippen molar-refractivity contribution in [3.05, 3.63) is 88.5 Å². The summed E-state index contributed by atoms with van der Waals surface area (Å²) in [6.07, 6.45) is 2.30. The van der Waals surface area contributed by atoms with E-state index in [0.717, 1.165) is 28.5 Å². The van der Waals surface area contributed by atoms with Gasteiger partial charge in [0.05, 0.1) is 12.7 Å². The first kappa shape index (κ1) is 24.3. The molecule has 3 heterocycles. The van der Waals surface area contributed by atoms with Gasteiger partial charge in [-0.1, -0.05) is 36.3 Å². The van der Waals surface area contributed by atoms with Gasteiger partial charge in [-0.15, -0.1) is 18.2 Å². The fraction of sp³-hybridized carbons (Fsp3) is 0.269. The Bertz CT molecular complexity index is 1330. The van der Waals surface area contributed by atoms with Gasteiger partial charge in [-0.3, -0.25) is 9.80 Å². The number of thioether (sulfide) groups is 1. The van der Waals surface area contributed by atoms with Crippen molar-refractivity contribution in [1.29, 1.82) is 0 Å². The number of terminal acetylenes is 1. The third kappa shape index (κ3) is 3.84. The minimum absolute atomic E-state index is 0.429. The fourth-order valence-electron chi connectivity index (χ4n) is 4.76. The molecule has 1 fully saturated rings. The van der Waals surface area contributed by atoms with Gasteiger partial charge < -0.3 is 15.1 Å². The smallest absolute Gasteiger partial charge is 0.408 e. The van der Waals surface area contributed by atoms with Crippen LogP contribution in [0.5, 0.6) is 0 Å². The molecule has 2 aromatic carbocycles. The Morgan fingerprint density at radius 3 is 2.67 bits per heavy atom. The van der Waals surface area contributed by atoms with E-state index < -0.39 is 48.4 Å². The SMILES string of the molecule is C#Cc1cccc2c1[C@H](N1CN([C@H](C)C(F)(F)F)C(=O)C3=C(O)C(O)C=CN31)c1ccccc1SC2. The molecule has 10 heteroatoms. The molecule has 2 N–H and O–H groups in total. The summed E-state index contributed by atoms with van der Waals surface area (Å²) in [6.45, 7) is 0.467. The number of nitrogens with zero attached hydrogens (tertiary/aromatic N) is 3. The average Bonchev–Trinajstić information content (AvgIpc) is 3.02. The Hall–Kier alpha value is -3.39. The molecule has 1 unspecified atom stereocenters. The highest BCUT2D eigenvalue weighted by atomic mass is 32.2. The Morgan fingerprint density at radius 1 is 1.19 bits per heavy atom. The van der Waals surface area contributed by atoms with Gasteiger partial charge in [0.2, 0.25) is 0 Å². The number of carbonyl (C=O) groups excluding carboxylic acids is 1. The third-order valence-corrected chi connectivity index (χ3v) is 7.80. The molecule has 3 atom stereocenters. The van der Waals surface area contributed by atoms with E-state index in [9.17, 15) is 28.2 Å². The van der Waals surface area contributed by atoms with Gasteiger partial charge in [0.25, 0.3) is 5.91 Å². The molecule has 2 aromatic rings. The van der Waals surface area contributed by atoms with E-state index in [4.69, 9.17) is 6.42 Å². The Labute approximate surface area is 210 Å². The number of rotatable bonds is 2. The van der Waals surface area contributed by atoms with Crippen molar-refractivity contribution in [2.75, 3.05) is 6.67 Å². The molecule has 0 aliphatic carbocycles. The fourth-order valence-corrected chi connectivity index (χ4v) is 5.84. The maximum Gasteiger partial charge on any atom is 0.408 e. The number of amides is 1. The van der Waals surface area contributed by atoms with Crippen LogP contribution in [0.25, 0.3) is 0 Å². The zero-order valence-corrected chi connectivity index (χ0v) is 19.9. The third-order valence-electron chi connectivity index (χ3n) is 6.66. The van der Waals surface area contributed by atoms with Crippen molar-refractivity contribution in [2.24, 2.45) is 0 Å². The number of hydrogen-bond acceptors (Lipinski definition) is 6. The van der Waals surface area contributed by atoms with Gasteiger partial charge >= 0.3 is 6.18 Å². The van der Waals surface area contributed by atoms with Gasteiger partial charge in [0, 0.05) is 22.4 Å². The molecule has 6 nitrogen and oxygen atoms in total. The molecule has 1 amide bonds. The van der Waals surface area contributed by atoms with Crippen molar-refractivity contribution < 1.29 is 28.2 Å². The molecule has 0 radical (unpaired) electrons. The van der Waals surface area contributed by atoms with Crippen LogP contribution in [0, 0.1) is 12.3 Å². The van der Waals surface area contributed by atoms with Crippen molar-refractivity contribution in [3.8, 4) is 12.3 Å². The topological polar surface area (TPSA) is 67.2 Å². The second-order valence-corrected chi connectivity index (χ2v) is 9.71. The summed E-state index contributed by atoms with van der Waals surface area (Å²) in [6, 6.07) is 10.3. The number of alkyl halides is 3. The molecule has 0 spiro atoms. The van der Waals surface area contributed by atoms with Crippen LogP contribution in [0.15, 0.2) is 71.1 Å². The number of benzene rings is 2. The van der Waals surface area contributed by atoms with E-state index in [0.29, 0.717) is 16.2 Å². The molecule has 1 saturated heterocycles. The molecule has 36 heavy (non-hydrogen) atoms. The van der Waals surface area contributed by atoms with Gasteiger partial charge in [-0.05, 0) is 41.8 Å². The van der Waals surface area contributed by atoms with Crippen molar-refractivity contribution in [3.63, 3.8) is 0 Å². The summed E-state index contributed by atoms with van der Waals surface area (Å²) < 4.78 is 41.5. The monoisotopic (exact) mass is 513 g/mol. The number of aliphatic hydroxyl groups is 2. The lowest BCUT2D eigenvalue weighted by Crippen LogP contribution is -2.62. The standard InChI is InChI=1S/C26H22F3N3O3S/c1-3-16-7-6-8-17-13-36-20-10-5-4-9-18(20)22(21(16)17)32-14-30(15(2)26(27,28)29)25(35)23-24(34)19(33)11-12-31(23)32/h1,4-12,15,19,22,33-34H,13-14H2,2H3/t15-,19?,22-/m1/s1. The lowest BCUT2D eigenvalue weighted by Gasteiger charge is -2.50. The number of hydrogen-bond donors (Lipinski definition) is 2. The second kappa shape index (κ2) is 8.92. The summed E-state index contributed by atoms with van der Waals surface area (Å²) in [7, 11) is 0. The number of carbonyl (C=O) groups is 1. The zero-order chi connectivity index (χ0) is 25.8. The second-order valence-electron chi connectivity index (χ2n) is 8.69. The van der Waals surface area contributed by atoms with Crippen molar-refractivity contribution in [1.82, 2.24) is 14.9 Å². The van der Waals surface area contributed by atoms with Gasteiger partial charge in [0.15, 0.2) is 11.5 Å². The van der Waals surface area contributed by atoms with Crippen LogP contribution < -0.4 is 0 Å². The number of hydrazine groups is 1. The quantitative estimate of drug-likeness (QED) is 0.585. The van der Waals surface area contributed by atoms with Crippen LogP contribution in [0.2, 0.25) is 0 Å². The van der Waals surface area contributed by atoms with Crippen LogP contribution in [-0.4, -0.2) is 56.0 Å². The first-order valence-electron chi connectivity index (χ1n) is 11.2. The minimum Gasteiger partial charge on any atom is -0.507 e. The Balaban J connectivity index is 1.76. The molecular formula is C26H22F3N3O3S. The summed E-state index contributed by atoms with van der Waals surface area (Å²) >= 11 is 1.59. The van der Waals surface area contributed by atoms with E-state index in [1.807, 2.05) is 36.4 Å². The lowest BCUT2D eigenvalue weighted by molar-refractivity contribution is -0.204. The zero-order valence-electron chi connectivity index (χ0n) is 19.1. The van der Waals surface area contributed by atoms with Crippen molar-refractivity contribution >= 4 is 17.7 Å². The maximum absolute atomic E-state index is 13.8. The summed E-state index contributed by atoms with van der Waals surface area (Å²) in [5.74, 6) is 1.55. The molecular weight excluding hydrogens is 491 g/mol. The highest BCUT2D eigenvalue weighted by Crippen LogP contribution is 2.46. The van der Waals surface area contributed by atoms with E-state index in [1.165, 1.54) is 17.3 Å². The molecule has 5 rings (SSSR count). The Kier molecular flexibility index (Phi) is 6.03. The largest absolute Gasteiger partial charge is 0.507 e. The van der Waals surface area contributed by atoms with E-state index in [-0.39, 0.29) is 0 Å². The average molecular weight is 514 g/mol. The number of fused-ring (bicyclic) bond motifs is 3. The van der Waals surface area contributed by atoms with Crippen LogP contribution in [0.1, 0.15) is 35.2 Å². The maximum atomic E-state index is 13.8. The van der Waals surface area contributed by atoms with Crippen LogP contribution >= 0.6 is 11.8 Å². The summed E-state index contributed by atoms with van der Waals surface area (Å²) in [4.78, 5) is 14.9. The predicted molar refractivity (Wildman–Crippen MR) is 128 cm³/mol. The van der Waals surface area contributed by atoms with Crippen molar-refractivity contribution in [2.45, 2.75) is 41.9 Å². The first-order valence-corrected chi connectivity index (χ1v) is 12.1. The number of halogens is 3. The van der Waals surface area contributed by atoms with Crippen LogP contribution in [0.3, 0.4) is 0 Å². The van der Waals surface area contributed by atoms with E-state index in [2.05, 4.69) is 5.92 Å². The van der Waals surface area contributed by atoms with Gasteiger partial charge in [-0.25, -0.2) is 0 Å². The highest BCUT2D eigenvalue weighted by molar-refractivity contribution is 7.98. The van der Waals surface area contributed by atoms with Crippen LogP contribution in [-0.2, 0) is 10.5 Å². The lowest BCUT2D eigenvalue weighted by atomic mass is 9.90. The van der Waals surface area contributed by atoms with E-state index in [1.54, 1.807) is 22.8 Å². The molecule has 186 valence electrons. The Morgan fingerprint density at radius 2 is 1.94 bits per heavy atom. The summed E-state index contributed by atoms with van der Waals surface area (Å²) in [5.41, 5.74) is 2.61.